The van der Waals surface area contributed by atoms with Gasteiger partial charge in [0.15, 0.2) is 0 Å². The fourth-order valence-corrected chi connectivity index (χ4v) is 2.86. The third kappa shape index (κ3) is 4.81. The SMILES string of the molecule is Cl.O=C(NCC(c1ccccc1)c1ccccc1)C1COCCN1. The number of morpholine rings is 1. The Bertz CT molecular complexity index is 576. The van der Waals surface area contributed by atoms with Gasteiger partial charge in [-0.15, -0.1) is 12.4 Å². The lowest BCUT2D eigenvalue weighted by atomic mass is 9.91. The molecule has 1 amide bonds. The van der Waals surface area contributed by atoms with E-state index < -0.39 is 0 Å². The molecule has 1 aliphatic heterocycles. The van der Waals surface area contributed by atoms with Gasteiger partial charge in [0.05, 0.1) is 13.2 Å². The average Bonchev–Trinajstić information content (AvgIpc) is 2.64. The van der Waals surface area contributed by atoms with E-state index in [1.807, 2.05) is 36.4 Å². The van der Waals surface area contributed by atoms with Crippen LogP contribution in [0, 0.1) is 0 Å². The minimum Gasteiger partial charge on any atom is -0.378 e. The van der Waals surface area contributed by atoms with Crippen molar-refractivity contribution in [1.29, 1.82) is 0 Å². The van der Waals surface area contributed by atoms with E-state index in [2.05, 4.69) is 34.9 Å². The largest absolute Gasteiger partial charge is 0.378 e. The van der Waals surface area contributed by atoms with Crippen LogP contribution in [0.2, 0.25) is 0 Å². The molecule has 2 aromatic carbocycles. The van der Waals surface area contributed by atoms with Gasteiger partial charge in [0.25, 0.3) is 0 Å². The zero-order valence-electron chi connectivity index (χ0n) is 13.5. The van der Waals surface area contributed by atoms with E-state index in [1.54, 1.807) is 0 Å². The molecule has 1 aliphatic rings. The highest BCUT2D eigenvalue weighted by molar-refractivity contribution is 5.85. The lowest BCUT2D eigenvalue weighted by Crippen LogP contribution is -2.51. The molecule has 1 unspecified atom stereocenters. The summed E-state index contributed by atoms with van der Waals surface area (Å²) in [5, 5.41) is 6.25. The molecule has 0 radical (unpaired) electrons. The minimum atomic E-state index is -0.254. The monoisotopic (exact) mass is 346 g/mol. The van der Waals surface area contributed by atoms with Gasteiger partial charge >= 0.3 is 0 Å². The Morgan fingerprint density at radius 3 is 2.17 bits per heavy atom. The highest BCUT2D eigenvalue weighted by Gasteiger charge is 2.22. The zero-order valence-corrected chi connectivity index (χ0v) is 14.3. The van der Waals surface area contributed by atoms with E-state index in [4.69, 9.17) is 4.74 Å². The number of rotatable bonds is 5. The van der Waals surface area contributed by atoms with Crippen molar-refractivity contribution in [2.75, 3.05) is 26.3 Å². The molecule has 5 heteroatoms. The molecule has 2 aromatic rings. The molecule has 1 heterocycles. The number of ether oxygens (including phenoxy) is 1. The predicted octanol–water partition coefficient (Wildman–Crippen LogP) is 2.34. The molecule has 0 bridgehead atoms. The van der Waals surface area contributed by atoms with Crippen LogP contribution < -0.4 is 10.6 Å². The predicted molar refractivity (Wildman–Crippen MR) is 97.6 cm³/mol. The Hall–Kier alpha value is -1.88. The molecular formula is C19H23ClN2O2. The van der Waals surface area contributed by atoms with E-state index >= 15 is 0 Å². The van der Waals surface area contributed by atoms with Gasteiger partial charge in [-0.3, -0.25) is 4.79 Å². The summed E-state index contributed by atoms with van der Waals surface area (Å²) in [4.78, 5) is 12.3. The van der Waals surface area contributed by atoms with Crippen molar-refractivity contribution in [3.63, 3.8) is 0 Å². The first-order valence-corrected chi connectivity index (χ1v) is 8.03. The fourth-order valence-electron chi connectivity index (χ4n) is 2.86. The number of carbonyl (C=O) groups excluding carboxylic acids is 1. The van der Waals surface area contributed by atoms with Crippen molar-refractivity contribution in [3.05, 3.63) is 71.8 Å². The van der Waals surface area contributed by atoms with Crippen LogP contribution in [0.4, 0.5) is 0 Å². The van der Waals surface area contributed by atoms with E-state index in [9.17, 15) is 4.79 Å². The maximum Gasteiger partial charge on any atom is 0.239 e. The smallest absolute Gasteiger partial charge is 0.239 e. The summed E-state index contributed by atoms with van der Waals surface area (Å²) < 4.78 is 5.36. The Kier molecular flexibility index (Phi) is 7.25. The first-order chi connectivity index (χ1) is 11.3. The second-order valence-electron chi connectivity index (χ2n) is 5.70. The second kappa shape index (κ2) is 9.42. The maximum atomic E-state index is 12.3. The number of halogens is 1. The topological polar surface area (TPSA) is 50.4 Å². The third-order valence-electron chi connectivity index (χ3n) is 4.12. The van der Waals surface area contributed by atoms with Gasteiger partial charge in [0, 0.05) is 19.0 Å². The van der Waals surface area contributed by atoms with Crippen molar-refractivity contribution in [1.82, 2.24) is 10.6 Å². The minimum absolute atomic E-state index is 0. The van der Waals surface area contributed by atoms with Crippen LogP contribution in [0.25, 0.3) is 0 Å². The molecular weight excluding hydrogens is 324 g/mol. The molecule has 24 heavy (non-hydrogen) atoms. The summed E-state index contributed by atoms with van der Waals surface area (Å²) in [6.45, 7) is 2.40. The van der Waals surface area contributed by atoms with Gasteiger partial charge < -0.3 is 15.4 Å². The molecule has 0 saturated carbocycles. The first kappa shape index (κ1) is 18.5. The van der Waals surface area contributed by atoms with Gasteiger partial charge in [-0.25, -0.2) is 0 Å². The molecule has 0 aliphatic carbocycles. The Labute approximate surface area is 149 Å². The van der Waals surface area contributed by atoms with Crippen LogP contribution >= 0.6 is 12.4 Å². The van der Waals surface area contributed by atoms with Crippen LogP contribution in [0.15, 0.2) is 60.7 Å². The number of hydrogen-bond acceptors (Lipinski definition) is 3. The standard InChI is InChI=1S/C19H22N2O2.ClH/c22-19(18-14-23-12-11-20-18)21-13-17(15-7-3-1-4-8-15)16-9-5-2-6-10-16;/h1-10,17-18,20H,11-14H2,(H,21,22);1H. The molecule has 0 aromatic heterocycles. The van der Waals surface area contributed by atoms with Crippen LogP contribution in [-0.2, 0) is 9.53 Å². The molecule has 1 atom stereocenters. The lowest BCUT2D eigenvalue weighted by Gasteiger charge is -2.25. The summed E-state index contributed by atoms with van der Waals surface area (Å²) >= 11 is 0. The highest BCUT2D eigenvalue weighted by atomic mass is 35.5. The second-order valence-corrected chi connectivity index (χ2v) is 5.70. The Morgan fingerprint density at radius 2 is 1.67 bits per heavy atom. The van der Waals surface area contributed by atoms with E-state index in [0.29, 0.717) is 19.8 Å². The molecule has 4 nitrogen and oxygen atoms in total. The maximum absolute atomic E-state index is 12.3. The van der Waals surface area contributed by atoms with Crippen LogP contribution in [0.1, 0.15) is 17.0 Å². The molecule has 1 fully saturated rings. The highest BCUT2D eigenvalue weighted by Crippen LogP contribution is 2.23. The summed E-state index contributed by atoms with van der Waals surface area (Å²) in [6.07, 6.45) is 0. The van der Waals surface area contributed by atoms with Crippen molar-refractivity contribution < 1.29 is 9.53 Å². The van der Waals surface area contributed by atoms with Crippen LogP contribution in [0.5, 0.6) is 0 Å². The van der Waals surface area contributed by atoms with Crippen molar-refractivity contribution >= 4 is 18.3 Å². The molecule has 1 saturated heterocycles. The molecule has 0 spiro atoms. The quantitative estimate of drug-likeness (QED) is 0.873. The van der Waals surface area contributed by atoms with Gasteiger partial charge in [-0.2, -0.15) is 0 Å². The summed E-state index contributed by atoms with van der Waals surface area (Å²) in [6, 6.07) is 20.3. The van der Waals surface area contributed by atoms with Crippen molar-refractivity contribution in [2.24, 2.45) is 0 Å². The number of nitrogens with one attached hydrogen (secondary N) is 2. The van der Waals surface area contributed by atoms with Gasteiger partial charge in [-0.05, 0) is 11.1 Å². The zero-order chi connectivity index (χ0) is 15.9. The number of benzene rings is 2. The van der Waals surface area contributed by atoms with Crippen molar-refractivity contribution in [2.45, 2.75) is 12.0 Å². The Balaban J connectivity index is 0.00000208. The van der Waals surface area contributed by atoms with Gasteiger partial charge in [0.2, 0.25) is 5.91 Å². The fraction of sp³-hybridized carbons (Fsp3) is 0.316. The average molecular weight is 347 g/mol. The van der Waals surface area contributed by atoms with E-state index in [0.717, 1.165) is 6.54 Å². The van der Waals surface area contributed by atoms with Gasteiger partial charge in [-0.1, -0.05) is 60.7 Å². The summed E-state index contributed by atoms with van der Waals surface area (Å²) in [5.74, 6) is 0.146. The number of hydrogen-bond donors (Lipinski definition) is 2. The summed E-state index contributed by atoms with van der Waals surface area (Å²) in [7, 11) is 0. The Morgan fingerprint density at radius 1 is 1.08 bits per heavy atom. The number of amides is 1. The van der Waals surface area contributed by atoms with Crippen molar-refractivity contribution in [3.8, 4) is 0 Å². The number of carbonyl (C=O) groups is 1. The van der Waals surface area contributed by atoms with E-state index in [1.165, 1.54) is 11.1 Å². The molecule has 2 N–H and O–H groups in total. The third-order valence-corrected chi connectivity index (χ3v) is 4.12. The summed E-state index contributed by atoms with van der Waals surface area (Å²) in [5.41, 5.74) is 2.40. The normalized spacial score (nSPS) is 17.1. The van der Waals surface area contributed by atoms with E-state index in [-0.39, 0.29) is 30.3 Å². The van der Waals surface area contributed by atoms with Gasteiger partial charge in [0.1, 0.15) is 6.04 Å². The van der Waals surface area contributed by atoms with Crippen LogP contribution in [0.3, 0.4) is 0 Å². The lowest BCUT2D eigenvalue weighted by molar-refractivity contribution is -0.125. The molecule has 3 rings (SSSR count). The molecule has 128 valence electrons. The van der Waals surface area contributed by atoms with Crippen LogP contribution in [-0.4, -0.2) is 38.3 Å². The first-order valence-electron chi connectivity index (χ1n) is 8.03.